The quantitative estimate of drug-likeness (QED) is 0.358. The molecule has 10 heteroatoms. The second-order valence-electron chi connectivity index (χ2n) is 4.34. The van der Waals surface area contributed by atoms with E-state index in [4.69, 9.17) is 15.6 Å². The van der Waals surface area contributed by atoms with Crippen LogP contribution in [-0.4, -0.2) is 79.8 Å². The van der Waals surface area contributed by atoms with Crippen LogP contribution in [0.15, 0.2) is 0 Å². The molecule has 2 saturated heterocycles. The summed E-state index contributed by atoms with van der Waals surface area (Å²) in [7, 11) is 0. The molecule has 0 bridgehead atoms. The normalized spacial score (nSPS) is 39.2. The molecular formula is C9H15N3O7. The lowest BCUT2D eigenvalue weighted by Crippen LogP contribution is -2.45. The van der Waals surface area contributed by atoms with Gasteiger partial charge in [-0.3, -0.25) is 4.90 Å². The first-order valence-electron chi connectivity index (χ1n) is 5.60. The molecule has 4 amide bonds. The zero-order chi connectivity index (χ0) is 14.3. The number of aliphatic hydroxyl groups is 4. The van der Waals surface area contributed by atoms with Crippen LogP contribution in [0, 0.1) is 0 Å². The number of amides is 4. The number of primary amides is 1. The van der Waals surface area contributed by atoms with Crippen molar-refractivity contribution in [1.29, 1.82) is 0 Å². The fraction of sp³-hybridized carbons (Fsp3) is 0.778. The van der Waals surface area contributed by atoms with Gasteiger partial charge in [-0.2, -0.15) is 0 Å². The van der Waals surface area contributed by atoms with E-state index in [0.29, 0.717) is 4.90 Å². The number of ether oxygens (including phenoxy) is 1. The van der Waals surface area contributed by atoms with Crippen molar-refractivity contribution in [2.45, 2.75) is 37.3 Å². The largest absolute Gasteiger partial charge is 0.394 e. The van der Waals surface area contributed by atoms with Crippen molar-refractivity contribution >= 4 is 12.1 Å². The maximum absolute atomic E-state index is 11.9. The number of carbonyl (C=O) groups is 2. The molecule has 2 aliphatic rings. The highest BCUT2D eigenvalue weighted by molar-refractivity contribution is 5.94. The highest BCUT2D eigenvalue weighted by Gasteiger charge is 2.52. The maximum atomic E-state index is 11.9. The molecule has 2 rings (SSSR count). The summed E-state index contributed by atoms with van der Waals surface area (Å²) in [5.74, 6) is 0. The van der Waals surface area contributed by atoms with E-state index in [1.54, 1.807) is 0 Å². The summed E-state index contributed by atoms with van der Waals surface area (Å²) < 4.78 is 5.18. The Labute approximate surface area is 107 Å². The Bertz CT molecular complexity index is 392. The lowest BCUT2D eigenvalue weighted by atomic mass is 10.2. The Morgan fingerprint density at radius 1 is 1.37 bits per heavy atom. The molecule has 5 atom stereocenters. The summed E-state index contributed by atoms with van der Waals surface area (Å²) in [5.41, 5.74) is 4.92. The van der Waals surface area contributed by atoms with Gasteiger partial charge in [-0.1, -0.05) is 0 Å². The molecule has 0 aliphatic carbocycles. The van der Waals surface area contributed by atoms with Gasteiger partial charge < -0.3 is 30.9 Å². The van der Waals surface area contributed by atoms with E-state index >= 15 is 0 Å². The van der Waals surface area contributed by atoms with Gasteiger partial charge in [0.25, 0.3) is 0 Å². The fourth-order valence-electron chi connectivity index (χ4n) is 2.20. The number of imide groups is 1. The molecule has 10 nitrogen and oxygen atoms in total. The highest BCUT2D eigenvalue weighted by atomic mass is 16.6. The maximum Gasteiger partial charge on any atom is 0.334 e. The molecule has 0 radical (unpaired) electrons. The van der Waals surface area contributed by atoms with Crippen LogP contribution in [0.3, 0.4) is 0 Å². The fourth-order valence-corrected chi connectivity index (χ4v) is 2.20. The summed E-state index contributed by atoms with van der Waals surface area (Å²) in [6, 6.07) is -2.24. The molecule has 108 valence electrons. The van der Waals surface area contributed by atoms with Gasteiger partial charge in [-0.05, 0) is 0 Å². The smallest absolute Gasteiger partial charge is 0.334 e. The molecule has 2 heterocycles. The van der Waals surface area contributed by atoms with E-state index in [2.05, 4.69) is 0 Å². The second kappa shape index (κ2) is 4.90. The van der Waals surface area contributed by atoms with Crippen molar-refractivity contribution in [2.75, 3.05) is 6.61 Å². The number of aliphatic hydroxyl groups excluding tert-OH is 4. The predicted molar refractivity (Wildman–Crippen MR) is 57.0 cm³/mol. The zero-order valence-corrected chi connectivity index (χ0v) is 9.79. The van der Waals surface area contributed by atoms with Gasteiger partial charge in [0, 0.05) is 6.42 Å². The average Bonchev–Trinajstić information content (AvgIpc) is 2.79. The number of nitrogens with two attached hydrogens (primary N) is 1. The summed E-state index contributed by atoms with van der Waals surface area (Å²) >= 11 is 0. The van der Waals surface area contributed by atoms with E-state index in [0.717, 1.165) is 0 Å². The summed E-state index contributed by atoms with van der Waals surface area (Å²) in [6.45, 7) is -0.460. The molecule has 2 fully saturated rings. The van der Waals surface area contributed by atoms with Gasteiger partial charge in [-0.15, -0.1) is 0 Å². The third-order valence-corrected chi connectivity index (χ3v) is 3.17. The number of urea groups is 2. The van der Waals surface area contributed by atoms with Crippen LogP contribution in [0.1, 0.15) is 6.42 Å². The topological polar surface area (TPSA) is 157 Å². The second-order valence-corrected chi connectivity index (χ2v) is 4.34. The van der Waals surface area contributed by atoms with Gasteiger partial charge in [0.2, 0.25) is 0 Å². The Hall–Kier alpha value is -1.46. The van der Waals surface area contributed by atoms with Gasteiger partial charge in [0.05, 0.1) is 12.7 Å². The van der Waals surface area contributed by atoms with Crippen LogP contribution in [0.25, 0.3) is 0 Å². The van der Waals surface area contributed by atoms with Crippen molar-refractivity contribution in [3.8, 4) is 0 Å². The monoisotopic (exact) mass is 277 g/mol. The molecule has 6 N–H and O–H groups in total. The van der Waals surface area contributed by atoms with Gasteiger partial charge >= 0.3 is 12.1 Å². The average molecular weight is 277 g/mol. The molecule has 0 aromatic heterocycles. The number of rotatable bonds is 2. The number of nitrogens with zero attached hydrogens (tertiary/aromatic N) is 2. The van der Waals surface area contributed by atoms with Crippen LogP contribution in [0.5, 0.6) is 0 Å². The van der Waals surface area contributed by atoms with Crippen LogP contribution in [-0.2, 0) is 4.74 Å². The Morgan fingerprint density at radius 2 is 2.00 bits per heavy atom. The van der Waals surface area contributed by atoms with Gasteiger partial charge in [0.1, 0.15) is 12.3 Å². The van der Waals surface area contributed by atoms with Crippen LogP contribution >= 0.6 is 0 Å². The highest BCUT2D eigenvalue weighted by Crippen LogP contribution is 2.30. The minimum absolute atomic E-state index is 0.0622. The third kappa shape index (κ3) is 2.13. The third-order valence-electron chi connectivity index (χ3n) is 3.17. The lowest BCUT2D eigenvalue weighted by Gasteiger charge is -2.25. The van der Waals surface area contributed by atoms with Crippen molar-refractivity contribution in [3.63, 3.8) is 0 Å². The molecule has 0 spiro atoms. The van der Waals surface area contributed by atoms with Crippen molar-refractivity contribution in [3.05, 3.63) is 0 Å². The van der Waals surface area contributed by atoms with E-state index in [1.165, 1.54) is 0 Å². The van der Waals surface area contributed by atoms with Crippen LogP contribution in [0.4, 0.5) is 9.59 Å². The number of hydrogen-bond donors (Lipinski definition) is 5. The van der Waals surface area contributed by atoms with E-state index in [9.17, 15) is 24.9 Å². The molecule has 0 aromatic rings. The molecule has 19 heavy (non-hydrogen) atoms. The Balaban J connectivity index is 2.17. The minimum atomic E-state index is -1.81. The standard InChI is InChI=1S/C9H15N3O7/c10-8(17)12-7(16)6(15)11(9(12)18)5-1-3(14)4(2-13)19-5/h3-7,13-16H,1-2H2,(H2,10,17)/t3-,4+,5+,6+,7-/m0/s1. The molecule has 0 saturated carbocycles. The van der Waals surface area contributed by atoms with E-state index in [-0.39, 0.29) is 11.3 Å². The summed E-state index contributed by atoms with van der Waals surface area (Å²) in [4.78, 5) is 23.9. The first-order chi connectivity index (χ1) is 8.88. The van der Waals surface area contributed by atoms with E-state index < -0.39 is 49.6 Å². The molecule has 0 unspecified atom stereocenters. The van der Waals surface area contributed by atoms with Crippen LogP contribution in [0.2, 0.25) is 0 Å². The number of carbonyl (C=O) groups excluding carboxylic acids is 2. The number of hydrogen-bond acceptors (Lipinski definition) is 7. The summed E-state index contributed by atoms with van der Waals surface area (Å²) in [6.07, 6.45) is -6.56. The molecule has 2 aliphatic heterocycles. The van der Waals surface area contributed by atoms with Crippen LogP contribution < -0.4 is 5.73 Å². The zero-order valence-electron chi connectivity index (χ0n) is 9.79. The summed E-state index contributed by atoms with van der Waals surface area (Å²) in [5, 5.41) is 37.8. The van der Waals surface area contributed by atoms with Crippen molar-refractivity contribution < 1.29 is 34.8 Å². The van der Waals surface area contributed by atoms with E-state index in [1.807, 2.05) is 0 Å². The van der Waals surface area contributed by atoms with Crippen molar-refractivity contribution in [1.82, 2.24) is 9.80 Å². The first-order valence-corrected chi connectivity index (χ1v) is 5.60. The Kier molecular flexibility index (Phi) is 3.60. The predicted octanol–water partition coefficient (Wildman–Crippen LogP) is -3.09. The lowest BCUT2D eigenvalue weighted by molar-refractivity contribution is -0.126. The molecule has 0 aromatic carbocycles. The molecular weight excluding hydrogens is 262 g/mol. The first kappa shape index (κ1) is 14.0. The van der Waals surface area contributed by atoms with Gasteiger partial charge in [0.15, 0.2) is 12.5 Å². The minimum Gasteiger partial charge on any atom is -0.394 e. The van der Waals surface area contributed by atoms with Gasteiger partial charge in [-0.25, -0.2) is 14.5 Å². The van der Waals surface area contributed by atoms with Crippen molar-refractivity contribution in [2.24, 2.45) is 5.73 Å². The SMILES string of the molecule is NC(=O)N1C(=O)N([C@H]2C[C@H](O)[C@@H](CO)O2)[C@H](O)[C@@H]1O. The Morgan fingerprint density at radius 3 is 2.42 bits per heavy atom.